The van der Waals surface area contributed by atoms with Crippen molar-refractivity contribution in [1.29, 1.82) is 0 Å². The molecule has 0 amide bonds. The van der Waals surface area contributed by atoms with Gasteiger partial charge >= 0.3 is 0 Å². The molecule has 0 saturated heterocycles. The van der Waals surface area contributed by atoms with Gasteiger partial charge in [-0.1, -0.05) is 13.8 Å². The molecule has 0 aromatic carbocycles. The molecule has 1 rings (SSSR count). The van der Waals surface area contributed by atoms with Crippen molar-refractivity contribution in [2.45, 2.75) is 59.5 Å². The van der Waals surface area contributed by atoms with Crippen molar-refractivity contribution in [1.82, 2.24) is 10.6 Å². The Balaban J connectivity index is 2.07. The first-order valence-corrected chi connectivity index (χ1v) is 6.19. The van der Waals surface area contributed by atoms with Crippen LogP contribution in [-0.4, -0.2) is 24.7 Å². The van der Waals surface area contributed by atoms with Crippen LogP contribution in [0.1, 0.15) is 48.0 Å². The van der Waals surface area contributed by atoms with Gasteiger partial charge in [0.1, 0.15) is 0 Å². The summed E-state index contributed by atoms with van der Waals surface area (Å²) in [4.78, 5) is 0. The zero-order valence-corrected chi connectivity index (χ0v) is 11.3. The van der Waals surface area contributed by atoms with Crippen molar-refractivity contribution in [3.63, 3.8) is 0 Å². The predicted octanol–water partition coefficient (Wildman–Crippen LogP) is 2.40. The zero-order valence-electron chi connectivity index (χ0n) is 11.3. The highest BCUT2D eigenvalue weighted by molar-refractivity contribution is 4.96. The number of rotatable bonds is 5. The molecule has 15 heavy (non-hydrogen) atoms. The summed E-state index contributed by atoms with van der Waals surface area (Å²) in [6.07, 6.45) is 1.39. The Kier molecular flexibility index (Phi) is 3.83. The molecular formula is C13H28N2. The summed E-state index contributed by atoms with van der Waals surface area (Å²) < 4.78 is 0. The van der Waals surface area contributed by atoms with Gasteiger partial charge in [0, 0.05) is 18.1 Å². The third-order valence-corrected chi connectivity index (χ3v) is 3.37. The molecule has 2 unspecified atom stereocenters. The minimum absolute atomic E-state index is 0.231. The molecule has 0 aromatic heterocycles. The van der Waals surface area contributed by atoms with Crippen LogP contribution in [0.15, 0.2) is 0 Å². The fourth-order valence-electron chi connectivity index (χ4n) is 1.80. The minimum Gasteiger partial charge on any atom is -0.313 e. The first kappa shape index (κ1) is 13.0. The molecule has 0 spiro atoms. The number of hydrogen-bond donors (Lipinski definition) is 2. The molecule has 1 fully saturated rings. The molecule has 0 heterocycles. The molecule has 2 N–H and O–H groups in total. The molecule has 1 aliphatic rings. The molecule has 2 heteroatoms. The standard InChI is InChI=1S/C13H28N2/c1-10(8-15-12(2,3)4)14-9-11-7-13(11,5)6/h10-11,14-15H,7-9H2,1-6H3. The van der Waals surface area contributed by atoms with E-state index >= 15 is 0 Å². The van der Waals surface area contributed by atoms with E-state index in [9.17, 15) is 0 Å². The van der Waals surface area contributed by atoms with E-state index in [-0.39, 0.29) is 5.54 Å². The maximum atomic E-state index is 3.61. The Morgan fingerprint density at radius 3 is 2.27 bits per heavy atom. The fourth-order valence-corrected chi connectivity index (χ4v) is 1.80. The van der Waals surface area contributed by atoms with Crippen molar-refractivity contribution in [3.05, 3.63) is 0 Å². The summed E-state index contributed by atoms with van der Waals surface area (Å²) in [5.74, 6) is 0.898. The maximum Gasteiger partial charge on any atom is 0.0164 e. The lowest BCUT2D eigenvalue weighted by molar-refractivity contribution is 0.380. The second-order valence-corrected chi connectivity index (χ2v) is 6.83. The molecule has 1 aliphatic carbocycles. The lowest BCUT2D eigenvalue weighted by atomic mass is 10.1. The second kappa shape index (κ2) is 4.42. The summed E-state index contributed by atoms with van der Waals surface area (Å²) in [7, 11) is 0. The van der Waals surface area contributed by atoms with Gasteiger partial charge in [0.25, 0.3) is 0 Å². The van der Waals surface area contributed by atoms with Crippen LogP contribution in [0, 0.1) is 11.3 Å². The third kappa shape index (κ3) is 4.98. The van der Waals surface area contributed by atoms with Gasteiger partial charge in [-0.3, -0.25) is 0 Å². The normalized spacial score (nSPS) is 26.4. The molecule has 0 aromatic rings. The lowest BCUT2D eigenvalue weighted by Gasteiger charge is -2.24. The van der Waals surface area contributed by atoms with E-state index < -0.39 is 0 Å². The molecule has 0 radical (unpaired) electrons. The van der Waals surface area contributed by atoms with Crippen LogP contribution in [0.5, 0.6) is 0 Å². The maximum absolute atomic E-state index is 3.61. The van der Waals surface area contributed by atoms with Crippen LogP contribution in [0.25, 0.3) is 0 Å². The smallest absolute Gasteiger partial charge is 0.0164 e. The Hall–Kier alpha value is -0.0800. The average molecular weight is 212 g/mol. The van der Waals surface area contributed by atoms with Gasteiger partial charge in [-0.05, 0) is 52.0 Å². The van der Waals surface area contributed by atoms with Gasteiger partial charge in [0.2, 0.25) is 0 Å². The molecule has 2 atom stereocenters. The quantitative estimate of drug-likeness (QED) is 0.731. The Bertz CT molecular complexity index is 203. The molecule has 90 valence electrons. The monoisotopic (exact) mass is 212 g/mol. The van der Waals surface area contributed by atoms with Gasteiger partial charge in [0.05, 0.1) is 0 Å². The SMILES string of the molecule is CC(CNC(C)(C)C)NCC1CC1(C)C. The summed E-state index contributed by atoms with van der Waals surface area (Å²) in [6.45, 7) is 15.8. The van der Waals surface area contributed by atoms with E-state index in [1.807, 2.05) is 0 Å². The van der Waals surface area contributed by atoms with Gasteiger partial charge in [-0.15, -0.1) is 0 Å². The summed E-state index contributed by atoms with van der Waals surface area (Å²) in [5, 5.41) is 7.13. The molecule has 0 bridgehead atoms. The summed E-state index contributed by atoms with van der Waals surface area (Å²) in [6, 6.07) is 0.570. The highest BCUT2D eigenvalue weighted by Gasteiger charge is 2.44. The first-order valence-electron chi connectivity index (χ1n) is 6.19. The van der Waals surface area contributed by atoms with Crippen molar-refractivity contribution >= 4 is 0 Å². The highest BCUT2D eigenvalue weighted by atomic mass is 15.0. The highest BCUT2D eigenvalue weighted by Crippen LogP contribution is 2.50. The van der Waals surface area contributed by atoms with Crippen LogP contribution in [0.2, 0.25) is 0 Å². The van der Waals surface area contributed by atoms with Crippen LogP contribution < -0.4 is 10.6 Å². The van der Waals surface area contributed by atoms with Crippen molar-refractivity contribution in [2.24, 2.45) is 11.3 Å². The Morgan fingerprint density at radius 1 is 1.33 bits per heavy atom. The van der Waals surface area contributed by atoms with E-state index in [4.69, 9.17) is 0 Å². The summed E-state index contributed by atoms with van der Waals surface area (Å²) in [5.41, 5.74) is 0.832. The van der Waals surface area contributed by atoms with E-state index in [0.29, 0.717) is 11.5 Å². The van der Waals surface area contributed by atoms with E-state index in [0.717, 1.165) is 12.5 Å². The van der Waals surface area contributed by atoms with Gasteiger partial charge in [-0.25, -0.2) is 0 Å². The van der Waals surface area contributed by atoms with Crippen molar-refractivity contribution in [3.8, 4) is 0 Å². The largest absolute Gasteiger partial charge is 0.313 e. The van der Waals surface area contributed by atoms with E-state index in [2.05, 4.69) is 52.2 Å². The third-order valence-electron chi connectivity index (χ3n) is 3.37. The lowest BCUT2D eigenvalue weighted by Crippen LogP contribution is -2.45. The van der Waals surface area contributed by atoms with E-state index in [1.54, 1.807) is 0 Å². The molecular weight excluding hydrogens is 184 g/mol. The molecule has 0 aliphatic heterocycles. The zero-order chi connectivity index (χ0) is 11.7. The molecule has 2 nitrogen and oxygen atoms in total. The number of hydrogen-bond acceptors (Lipinski definition) is 2. The minimum atomic E-state index is 0.231. The Morgan fingerprint density at radius 2 is 1.87 bits per heavy atom. The molecule has 1 saturated carbocycles. The van der Waals surface area contributed by atoms with Crippen molar-refractivity contribution in [2.75, 3.05) is 13.1 Å². The van der Waals surface area contributed by atoms with Crippen LogP contribution >= 0.6 is 0 Å². The van der Waals surface area contributed by atoms with Crippen LogP contribution in [0.3, 0.4) is 0 Å². The fraction of sp³-hybridized carbons (Fsp3) is 1.00. The van der Waals surface area contributed by atoms with Crippen LogP contribution in [-0.2, 0) is 0 Å². The predicted molar refractivity (Wildman–Crippen MR) is 67.1 cm³/mol. The van der Waals surface area contributed by atoms with Gasteiger partial charge in [0.15, 0.2) is 0 Å². The van der Waals surface area contributed by atoms with Crippen molar-refractivity contribution < 1.29 is 0 Å². The average Bonchev–Trinajstić information content (AvgIpc) is 2.66. The topological polar surface area (TPSA) is 24.1 Å². The van der Waals surface area contributed by atoms with Gasteiger partial charge in [-0.2, -0.15) is 0 Å². The number of nitrogens with one attached hydrogen (secondary N) is 2. The van der Waals surface area contributed by atoms with Crippen LogP contribution in [0.4, 0.5) is 0 Å². The first-order chi connectivity index (χ1) is 6.71. The summed E-state index contributed by atoms with van der Waals surface area (Å²) >= 11 is 0. The van der Waals surface area contributed by atoms with Gasteiger partial charge < -0.3 is 10.6 Å². The Labute approximate surface area is 95.2 Å². The van der Waals surface area contributed by atoms with E-state index in [1.165, 1.54) is 13.0 Å². The second-order valence-electron chi connectivity index (χ2n) is 6.83.